The Morgan fingerprint density at radius 2 is 2.20 bits per heavy atom. The molecule has 1 saturated heterocycles. The van der Waals surface area contributed by atoms with Crippen molar-refractivity contribution in [2.45, 2.75) is 13.3 Å². The first-order chi connectivity index (χ1) is 9.19. The fourth-order valence-corrected chi connectivity index (χ4v) is 4.15. The summed E-state index contributed by atoms with van der Waals surface area (Å²) in [5, 5.41) is 0.216. The molecule has 20 heavy (non-hydrogen) atoms. The van der Waals surface area contributed by atoms with Crippen LogP contribution >= 0.6 is 38.2 Å². The minimum atomic E-state index is -3.63. The van der Waals surface area contributed by atoms with Gasteiger partial charge in [0.15, 0.2) is 5.15 Å². The second-order valence-electron chi connectivity index (χ2n) is 4.65. The molecule has 0 aromatic carbocycles. The summed E-state index contributed by atoms with van der Waals surface area (Å²) in [7, 11) is 1.61. The first-order valence-electron chi connectivity index (χ1n) is 5.72. The van der Waals surface area contributed by atoms with Gasteiger partial charge in [-0.15, -0.1) is 0 Å². The Labute approximate surface area is 134 Å². The second kappa shape index (κ2) is 5.79. The topological polar surface area (TPSA) is 67.3 Å². The summed E-state index contributed by atoms with van der Waals surface area (Å²) in [4.78, 5) is 17.5. The van der Waals surface area contributed by atoms with Crippen molar-refractivity contribution >= 4 is 58.9 Å². The number of halogens is 3. The molecule has 1 atom stereocenters. The van der Waals surface area contributed by atoms with Crippen LogP contribution in [0.15, 0.2) is 10.7 Å². The number of hydrogen-bond donors (Lipinski definition) is 0. The maximum absolute atomic E-state index is 12.1. The molecule has 0 saturated carbocycles. The number of aromatic nitrogens is 1. The average molecular weight is 402 g/mol. The van der Waals surface area contributed by atoms with E-state index >= 15 is 0 Å². The van der Waals surface area contributed by atoms with Crippen molar-refractivity contribution in [2.75, 3.05) is 17.2 Å². The summed E-state index contributed by atoms with van der Waals surface area (Å²) >= 11 is 9.39. The Balaban J connectivity index is 2.31. The van der Waals surface area contributed by atoms with Gasteiger partial charge in [0.05, 0.1) is 11.4 Å². The van der Waals surface area contributed by atoms with Gasteiger partial charge in [0.2, 0.25) is 15.0 Å². The molecule has 1 amide bonds. The van der Waals surface area contributed by atoms with E-state index in [9.17, 15) is 13.2 Å². The molecule has 9 heteroatoms. The average Bonchev–Trinajstić information content (AvgIpc) is 2.63. The summed E-state index contributed by atoms with van der Waals surface area (Å²) in [6.07, 6.45) is 1.69. The van der Waals surface area contributed by atoms with Gasteiger partial charge in [-0.25, -0.2) is 13.4 Å². The van der Waals surface area contributed by atoms with E-state index in [0.717, 1.165) is 10.0 Å². The quantitative estimate of drug-likeness (QED) is 0.576. The van der Waals surface area contributed by atoms with Crippen molar-refractivity contribution in [2.24, 2.45) is 5.92 Å². The van der Waals surface area contributed by atoms with E-state index in [1.54, 1.807) is 6.20 Å². The summed E-state index contributed by atoms with van der Waals surface area (Å²) < 4.78 is 23.0. The molecule has 1 aliphatic rings. The number of pyridine rings is 1. The predicted molar refractivity (Wildman–Crippen MR) is 81.8 cm³/mol. The lowest BCUT2D eigenvalue weighted by Crippen LogP contribution is -2.26. The molecule has 5 nitrogen and oxygen atoms in total. The molecule has 0 radical (unpaired) electrons. The van der Waals surface area contributed by atoms with Gasteiger partial charge in [0.25, 0.3) is 0 Å². The molecule has 1 fully saturated rings. The van der Waals surface area contributed by atoms with E-state index in [-0.39, 0.29) is 35.7 Å². The fraction of sp³-hybridized carbons (Fsp3) is 0.455. The maximum atomic E-state index is 12.1. The Morgan fingerprint density at radius 3 is 2.80 bits per heavy atom. The van der Waals surface area contributed by atoms with Crippen molar-refractivity contribution < 1.29 is 13.2 Å². The lowest BCUT2D eigenvalue weighted by molar-refractivity contribution is -0.117. The molecule has 1 aromatic heterocycles. The highest BCUT2D eigenvalue weighted by Crippen LogP contribution is 2.36. The molecular weight excluding hydrogens is 391 g/mol. The van der Waals surface area contributed by atoms with Crippen LogP contribution in [0.2, 0.25) is 5.15 Å². The SMILES string of the molecule is Cc1c(Br)cnc(Cl)c1N1CC(CS(=O)(=O)Cl)CC1=O. The van der Waals surface area contributed by atoms with Gasteiger partial charge in [0.1, 0.15) is 0 Å². The summed E-state index contributed by atoms with van der Waals surface area (Å²) in [6.45, 7) is 2.08. The molecule has 0 N–H and O–H groups in total. The number of carbonyl (C=O) groups is 1. The van der Waals surface area contributed by atoms with Crippen LogP contribution in [0.3, 0.4) is 0 Å². The summed E-state index contributed by atoms with van der Waals surface area (Å²) in [5.74, 6) is -0.741. The van der Waals surface area contributed by atoms with Crippen molar-refractivity contribution in [1.82, 2.24) is 4.98 Å². The van der Waals surface area contributed by atoms with Gasteiger partial charge in [-0.05, 0) is 28.4 Å². The monoisotopic (exact) mass is 400 g/mol. The molecule has 0 bridgehead atoms. The molecular formula is C11H11BrCl2N2O3S. The van der Waals surface area contributed by atoms with Gasteiger partial charge in [-0.1, -0.05) is 11.6 Å². The zero-order chi connectivity index (χ0) is 15.1. The van der Waals surface area contributed by atoms with Crippen molar-refractivity contribution in [3.8, 4) is 0 Å². The molecule has 2 rings (SSSR count). The van der Waals surface area contributed by atoms with E-state index in [1.807, 2.05) is 6.92 Å². The van der Waals surface area contributed by atoms with Gasteiger partial charge < -0.3 is 4.90 Å². The zero-order valence-corrected chi connectivity index (χ0v) is 14.4. The molecule has 0 spiro atoms. The predicted octanol–water partition coefficient (Wildman–Crippen LogP) is 2.73. The van der Waals surface area contributed by atoms with E-state index < -0.39 is 9.05 Å². The van der Waals surface area contributed by atoms with Crippen LogP contribution in [0.25, 0.3) is 0 Å². The van der Waals surface area contributed by atoms with Gasteiger partial charge in [-0.2, -0.15) is 0 Å². The summed E-state index contributed by atoms with van der Waals surface area (Å²) in [6, 6.07) is 0. The van der Waals surface area contributed by atoms with Crippen molar-refractivity contribution in [3.63, 3.8) is 0 Å². The van der Waals surface area contributed by atoms with Gasteiger partial charge >= 0.3 is 0 Å². The maximum Gasteiger partial charge on any atom is 0.232 e. The lowest BCUT2D eigenvalue weighted by Gasteiger charge is -2.20. The molecule has 2 heterocycles. The molecule has 110 valence electrons. The third-order valence-corrected chi connectivity index (χ3v) is 5.43. The van der Waals surface area contributed by atoms with E-state index in [2.05, 4.69) is 20.9 Å². The summed E-state index contributed by atoms with van der Waals surface area (Å²) in [5.41, 5.74) is 1.30. The third-order valence-electron chi connectivity index (χ3n) is 3.11. The largest absolute Gasteiger partial charge is 0.309 e. The van der Waals surface area contributed by atoms with Crippen LogP contribution in [0.5, 0.6) is 0 Å². The molecule has 1 aromatic rings. The number of carbonyl (C=O) groups excluding carboxylic acids is 1. The van der Waals surface area contributed by atoms with Crippen molar-refractivity contribution in [3.05, 3.63) is 21.4 Å². The van der Waals surface area contributed by atoms with Crippen LogP contribution in [-0.2, 0) is 13.8 Å². The zero-order valence-electron chi connectivity index (χ0n) is 10.4. The van der Waals surface area contributed by atoms with E-state index in [4.69, 9.17) is 22.3 Å². The lowest BCUT2D eigenvalue weighted by atomic mass is 10.1. The third kappa shape index (κ3) is 3.44. The smallest absolute Gasteiger partial charge is 0.232 e. The van der Waals surface area contributed by atoms with Gasteiger partial charge in [-0.3, -0.25) is 4.79 Å². The number of hydrogen-bond acceptors (Lipinski definition) is 4. The van der Waals surface area contributed by atoms with Crippen LogP contribution < -0.4 is 4.90 Å². The highest BCUT2D eigenvalue weighted by molar-refractivity contribution is 9.10. The number of nitrogens with zero attached hydrogens (tertiary/aromatic N) is 2. The van der Waals surface area contributed by atoms with Crippen LogP contribution in [0.4, 0.5) is 5.69 Å². The minimum absolute atomic E-state index is 0.133. The first-order valence-corrected chi connectivity index (χ1v) is 9.37. The number of rotatable bonds is 3. The Bertz CT molecular complexity index is 666. The fourth-order valence-electron chi connectivity index (χ4n) is 2.24. The van der Waals surface area contributed by atoms with Crippen LogP contribution in [0, 0.1) is 12.8 Å². The molecule has 1 unspecified atom stereocenters. The van der Waals surface area contributed by atoms with Crippen LogP contribution in [0.1, 0.15) is 12.0 Å². The Hall–Kier alpha value is -0.370. The first kappa shape index (κ1) is 16.0. The molecule has 0 aliphatic carbocycles. The van der Waals surface area contributed by atoms with E-state index in [1.165, 1.54) is 4.90 Å². The highest BCUT2D eigenvalue weighted by atomic mass is 79.9. The second-order valence-corrected chi connectivity index (χ2v) is 8.68. The highest BCUT2D eigenvalue weighted by Gasteiger charge is 2.35. The number of anilines is 1. The minimum Gasteiger partial charge on any atom is -0.309 e. The number of amides is 1. The molecule has 1 aliphatic heterocycles. The van der Waals surface area contributed by atoms with Crippen molar-refractivity contribution in [1.29, 1.82) is 0 Å². The normalized spacial score (nSPS) is 19.7. The Kier molecular flexibility index (Phi) is 4.63. The van der Waals surface area contributed by atoms with E-state index in [0.29, 0.717) is 5.69 Å². The van der Waals surface area contributed by atoms with Crippen LogP contribution in [-0.4, -0.2) is 31.6 Å². The van der Waals surface area contributed by atoms with Gasteiger partial charge in [0, 0.05) is 40.2 Å². The Morgan fingerprint density at radius 1 is 1.55 bits per heavy atom. The standard InChI is InChI=1S/C11H11BrCl2N2O3S/c1-6-8(12)3-15-11(13)10(6)16-4-7(2-9(16)17)5-20(14,18)19/h3,7H,2,4-5H2,1H3.